The van der Waals surface area contributed by atoms with E-state index in [1.165, 1.54) is 25.7 Å². The summed E-state index contributed by atoms with van der Waals surface area (Å²) in [5.41, 5.74) is 1.71. The molecule has 0 aromatic carbocycles. The van der Waals surface area contributed by atoms with Crippen LogP contribution in [0.15, 0.2) is 6.07 Å². The zero-order chi connectivity index (χ0) is 15.9. The minimum absolute atomic E-state index is 0.0384. The molecule has 0 saturated heterocycles. The number of carbonyl (C=O) groups is 1. The second-order valence-electron chi connectivity index (χ2n) is 7.53. The molecule has 2 fully saturated rings. The first-order valence-corrected chi connectivity index (χ1v) is 8.88. The molecule has 2 saturated carbocycles. The lowest BCUT2D eigenvalue weighted by atomic mass is 9.84. The number of aromatic nitrogens is 2. The molecule has 3 rings (SSSR count). The highest BCUT2D eigenvalue weighted by Crippen LogP contribution is 2.49. The van der Waals surface area contributed by atoms with E-state index in [2.05, 4.69) is 31.2 Å². The van der Waals surface area contributed by atoms with E-state index >= 15 is 0 Å². The van der Waals surface area contributed by atoms with Gasteiger partial charge in [-0.3, -0.25) is 9.48 Å². The quantitative estimate of drug-likeness (QED) is 0.903. The lowest BCUT2D eigenvalue weighted by Gasteiger charge is -2.28. The predicted octanol–water partition coefficient (Wildman–Crippen LogP) is 3.58. The number of nitrogens with zero attached hydrogens (tertiary/aromatic N) is 2. The highest BCUT2D eigenvalue weighted by molar-refractivity contribution is 5.92. The number of carbonyl (C=O) groups excluding carboxylic acids is 1. The first kappa shape index (κ1) is 15.6. The van der Waals surface area contributed by atoms with Gasteiger partial charge in [0.25, 0.3) is 5.91 Å². The highest BCUT2D eigenvalue weighted by Gasteiger charge is 2.42. The third-order valence-corrected chi connectivity index (χ3v) is 5.72. The molecule has 2 aliphatic rings. The SMILES string of the molecule is CCn1nc(C(C)C)cc1C(=O)N[C@@H](C)[C@@H]1C[C@H]2CC[C@H]1C2. The van der Waals surface area contributed by atoms with Crippen LogP contribution < -0.4 is 5.32 Å². The number of aryl methyl sites for hydroxylation is 1. The predicted molar refractivity (Wildman–Crippen MR) is 87.9 cm³/mol. The standard InChI is InChI=1S/C18H29N3O/c1-5-21-17(10-16(20-21)11(2)3)18(22)19-12(4)15-9-13-6-7-14(15)8-13/h10-15H,5-9H2,1-4H3,(H,19,22)/t12-,13-,14-,15-/m0/s1. The molecular weight excluding hydrogens is 274 g/mol. The normalized spacial score (nSPS) is 28.3. The highest BCUT2D eigenvalue weighted by atomic mass is 16.2. The molecule has 1 heterocycles. The van der Waals surface area contributed by atoms with Crippen molar-refractivity contribution in [3.8, 4) is 0 Å². The fourth-order valence-corrected chi connectivity index (χ4v) is 4.44. The van der Waals surface area contributed by atoms with Gasteiger partial charge in [-0.25, -0.2) is 0 Å². The molecule has 2 aliphatic carbocycles. The van der Waals surface area contributed by atoms with Gasteiger partial charge in [0.1, 0.15) is 5.69 Å². The van der Waals surface area contributed by atoms with Crippen LogP contribution in [0.1, 0.15) is 75.5 Å². The summed E-state index contributed by atoms with van der Waals surface area (Å²) in [6, 6.07) is 2.22. The summed E-state index contributed by atoms with van der Waals surface area (Å²) < 4.78 is 1.83. The molecule has 0 unspecified atom stereocenters. The largest absolute Gasteiger partial charge is 0.348 e. The van der Waals surface area contributed by atoms with E-state index in [1.807, 2.05) is 17.7 Å². The van der Waals surface area contributed by atoms with Crippen molar-refractivity contribution in [3.63, 3.8) is 0 Å². The van der Waals surface area contributed by atoms with Crippen LogP contribution in [0.2, 0.25) is 0 Å². The topological polar surface area (TPSA) is 46.9 Å². The van der Waals surface area contributed by atoms with E-state index in [1.54, 1.807) is 0 Å². The van der Waals surface area contributed by atoms with E-state index < -0.39 is 0 Å². The van der Waals surface area contributed by atoms with Gasteiger partial charge in [0.15, 0.2) is 0 Å². The summed E-state index contributed by atoms with van der Waals surface area (Å²) in [6.07, 6.45) is 5.45. The number of fused-ring (bicyclic) bond motifs is 2. The van der Waals surface area contributed by atoms with Crippen LogP contribution in [0, 0.1) is 17.8 Å². The van der Waals surface area contributed by atoms with Crippen LogP contribution in [0.4, 0.5) is 0 Å². The first-order valence-electron chi connectivity index (χ1n) is 8.88. The number of rotatable bonds is 5. The average Bonchev–Trinajstić information content (AvgIpc) is 3.20. The maximum Gasteiger partial charge on any atom is 0.269 e. The Morgan fingerprint density at radius 3 is 2.68 bits per heavy atom. The molecule has 1 amide bonds. The second kappa shape index (κ2) is 6.05. The van der Waals surface area contributed by atoms with Gasteiger partial charge < -0.3 is 5.32 Å². The molecule has 22 heavy (non-hydrogen) atoms. The van der Waals surface area contributed by atoms with Crippen LogP contribution in [0.5, 0.6) is 0 Å². The zero-order valence-corrected chi connectivity index (χ0v) is 14.3. The van der Waals surface area contributed by atoms with Crippen LogP contribution >= 0.6 is 0 Å². The summed E-state index contributed by atoms with van der Waals surface area (Å²) in [4.78, 5) is 12.7. The van der Waals surface area contributed by atoms with Gasteiger partial charge in [0.05, 0.1) is 5.69 Å². The van der Waals surface area contributed by atoms with Crippen molar-refractivity contribution in [1.29, 1.82) is 0 Å². The second-order valence-corrected chi connectivity index (χ2v) is 7.53. The Balaban J connectivity index is 1.69. The molecular formula is C18H29N3O. The molecule has 1 N–H and O–H groups in total. The first-order chi connectivity index (χ1) is 10.5. The van der Waals surface area contributed by atoms with Crippen LogP contribution in [0.25, 0.3) is 0 Å². The number of amides is 1. The minimum atomic E-state index is 0.0384. The Kier molecular flexibility index (Phi) is 4.28. The minimum Gasteiger partial charge on any atom is -0.348 e. The summed E-state index contributed by atoms with van der Waals surface area (Å²) in [5, 5.41) is 7.80. The average molecular weight is 303 g/mol. The Morgan fingerprint density at radius 1 is 1.36 bits per heavy atom. The van der Waals surface area contributed by atoms with E-state index in [-0.39, 0.29) is 11.9 Å². The van der Waals surface area contributed by atoms with Gasteiger partial charge in [0, 0.05) is 12.6 Å². The number of nitrogens with one attached hydrogen (secondary N) is 1. The Bertz CT molecular complexity index is 549. The van der Waals surface area contributed by atoms with Crippen molar-refractivity contribution in [2.24, 2.45) is 17.8 Å². The van der Waals surface area contributed by atoms with Crippen LogP contribution in [-0.2, 0) is 6.54 Å². The van der Waals surface area contributed by atoms with E-state index in [0.717, 1.165) is 24.1 Å². The fraction of sp³-hybridized carbons (Fsp3) is 0.778. The van der Waals surface area contributed by atoms with E-state index in [9.17, 15) is 4.79 Å². The van der Waals surface area contributed by atoms with Gasteiger partial charge in [-0.1, -0.05) is 20.3 Å². The Morgan fingerprint density at radius 2 is 2.14 bits per heavy atom. The van der Waals surface area contributed by atoms with Gasteiger partial charge in [-0.05, 0) is 62.8 Å². The van der Waals surface area contributed by atoms with Crippen molar-refractivity contribution in [2.75, 3.05) is 0 Å². The molecule has 122 valence electrons. The van der Waals surface area contributed by atoms with Crippen molar-refractivity contribution < 1.29 is 4.79 Å². The molecule has 4 heteroatoms. The third-order valence-electron chi connectivity index (χ3n) is 5.72. The molecule has 1 aromatic heterocycles. The molecule has 2 bridgehead atoms. The zero-order valence-electron chi connectivity index (χ0n) is 14.3. The van der Waals surface area contributed by atoms with Gasteiger partial charge in [-0.2, -0.15) is 5.10 Å². The van der Waals surface area contributed by atoms with Crippen molar-refractivity contribution in [2.45, 2.75) is 71.9 Å². The van der Waals surface area contributed by atoms with Crippen LogP contribution in [0.3, 0.4) is 0 Å². The molecule has 0 radical (unpaired) electrons. The fourth-order valence-electron chi connectivity index (χ4n) is 4.44. The van der Waals surface area contributed by atoms with E-state index in [4.69, 9.17) is 0 Å². The summed E-state index contributed by atoms with van der Waals surface area (Å²) >= 11 is 0. The summed E-state index contributed by atoms with van der Waals surface area (Å²) in [5.74, 6) is 2.81. The van der Waals surface area contributed by atoms with Gasteiger partial charge in [-0.15, -0.1) is 0 Å². The van der Waals surface area contributed by atoms with Gasteiger partial charge in [0.2, 0.25) is 0 Å². The maximum atomic E-state index is 12.7. The molecule has 4 atom stereocenters. The molecule has 4 nitrogen and oxygen atoms in total. The van der Waals surface area contributed by atoms with Gasteiger partial charge >= 0.3 is 0 Å². The lowest BCUT2D eigenvalue weighted by Crippen LogP contribution is -2.40. The monoisotopic (exact) mass is 303 g/mol. The lowest BCUT2D eigenvalue weighted by molar-refractivity contribution is 0.0904. The maximum absolute atomic E-state index is 12.7. The Hall–Kier alpha value is -1.32. The number of hydrogen-bond donors (Lipinski definition) is 1. The molecule has 1 aromatic rings. The Labute approximate surface area is 133 Å². The molecule has 0 spiro atoms. The van der Waals surface area contributed by atoms with Crippen molar-refractivity contribution >= 4 is 5.91 Å². The van der Waals surface area contributed by atoms with Crippen LogP contribution in [-0.4, -0.2) is 21.7 Å². The number of hydrogen-bond acceptors (Lipinski definition) is 2. The third kappa shape index (κ3) is 2.80. The van der Waals surface area contributed by atoms with Crippen molar-refractivity contribution in [1.82, 2.24) is 15.1 Å². The summed E-state index contributed by atoms with van der Waals surface area (Å²) in [6.45, 7) is 9.17. The van der Waals surface area contributed by atoms with Crippen molar-refractivity contribution in [3.05, 3.63) is 17.5 Å². The smallest absolute Gasteiger partial charge is 0.269 e. The van der Waals surface area contributed by atoms with E-state index in [0.29, 0.717) is 17.5 Å². The molecule has 0 aliphatic heterocycles. The summed E-state index contributed by atoms with van der Waals surface area (Å²) in [7, 11) is 0.